The number of aromatic nitrogens is 2. The normalized spacial score (nSPS) is 12.9. The Hall–Kier alpha value is -2.41. The first-order valence-electron chi connectivity index (χ1n) is 8.20. The Morgan fingerprint density at radius 3 is 2.76 bits per heavy atom. The van der Waals surface area contributed by atoms with Crippen molar-refractivity contribution in [3.05, 3.63) is 41.5 Å². The number of carbonyl (C=O) groups excluding carboxylic acids is 1. The smallest absolute Gasteiger partial charge is 0.261 e. The molecule has 0 fully saturated rings. The monoisotopic (exact) mass is 346 g/mol. The summed E-state index contributed by atoms with van der Waals surface area (Å²) in [6.07, 6.45) is -0.644. The lowest BCUT2D eigenvalue weighted by Crippen LogP contribution is -2.47. The maximum absolute atomic E-state index is 12.5. The first kappa shape index (κ1) is 18.9. The Balaban J connectivity index is 2.00. The minimum absolute atomic E-state index is 0.245. The lowest BCUT2D eigenvalue weighted by atomic mass is 10.0. The van der Waals surface area contributed by atoms with Crippen LogP contribution in [0.5, 0.6) is 5.75 Å². The van der Waals surface area contributed by atoms with Crippen molar-refractivity contribution in [2.75, 3.05) is 14.1 Å². The second kappa shape index (κ2) is 7.65. The second-order valence-corrected chi connectivity index (χ2v) is 6.94. The molecule has 25 heavy (non-hydrogen) atoms. The van der Waals surface area contributed by atoms with Crippen LogP contribution in [0.1, 0.15) is 38.0 Å². The van der Waals surface area contributed by atoms with E-state index < -0.39 is 11.6 Å². The van der Waals surface area contributed by atoms with Crippen LogP contribution in [-0.2, 0) is 16.9 Å². The molecule has 0 aliphatic rings. The van der Waals surface area contributed by atoms with Crippen molar-refractivity contribution in [1.29, 1.82) is 0 Å². The van der Waals surface area contributed by atoms with Crippen molar-refractivity contribution in [2.45, 2.75) is 45.9 Å². The molecule has 7 nitrogen and oxygen atoms in total. The zero-order valence-electron chi connectivity index (χ0n) is 15.7. The number of nitrogens with one attached hydrogen (secondary N) is 1. The molecule has 1 aromatic heterocycles. The molecule has 1 amide bonds. The van der Waals surface area contributed by atoms with Gasteiger partial charge in [-0.2, -0.15) is 4.98 Å². The van der Waals surface area contributed by atoms with Crippen LogP contribution in [0.15, 0.2) is 28.8 Å². The average molecular weight is 346 g/mol. The van der Waals surface area contributed by atoms with Gasteiger partial charge < -0.3 is 19.5 Å². The first-order valence-corrected chi connectivity index (χ1v) is 8.20. The molecule has 2 aromatic rings. The van der Waals surface area contributed by atoms with E-state index in [4.69, 9.17) is 9.26 Å². The maximum Gasteiger partial charge on any atom is 0.261 e. The number of rotatable bonds is 7. The van der Waals surface area contributed by atoms with Gasteiger partial charge in [0.25, 0.3) is 5.91 Å². The number of nitrogens with zero attached hydrogens (tertiary/aromatic N) is 3. The van der Waals surface area contributed by atoms with Crippen LogP contribution < -0.4 is 10.1 Å². The standard InChI is InChI=1S/C18H26N4O3/c1-12-8-7-9-14(10-12)24-13(2)16(23)20-18(3,4)17-19-15(25-21-17)11-22(5)6/h7-10,13H,11H2,1-6H3,(H,20,23)/t13-/m1/s1. The largest absolute Gasteiger partial charge is 0.481 e. The van der Waals surface area contributed by atoms with Crippen LogP contribution >= 0.6 is 0 Å². The van der Waals surface area contributed by atoms with Gasteiger partial charge in [-0.1, -0.05) is 17.3 Å². The number of ether oxygens (including phenoxy) is 1. The molecule has 7 heteroatoms. The third-order valence-electron chi connectivity index (χ3n) is 3.59. The van der Waals surface area contributed by atoms with Gasteiger partial charge in [-0.15, -0.1) is 0 Å². The van der Waals surface area contributed by atoms with Gasteiger partial charge >= 0.3 is 0 Å². The summed E-state index contributed by atoms with van der Waals surface area (Å²) in [5, 5.41) is 6.89. The van der Waals surface area contributed by atoms with Gasteiger partial charge in [-0.25, -0.2) is 0 Å². The summed E-state index contributed by atoms with van der Waals surface area (Å²) in [5.41, 5.74) is 0.306. The number of amides is 1. The number of hydrogen-bond donors (Lipinski definition) is 1. The summed E-state index contributed by atoms with van der Waals surface area (Å²) < 4.78 is 10.9. The lowest BCUT2D eigenvalue weighted by Gasteiger charge is -2.25. The molecule has 0 unspecified atom stereocenters. The van der Waals surface area contributed by atoms with E-state index in [1.165, 1.54) is 0 Å². The van der Waals surface area contributed by atoms with E-state index in [1.807, 2.05) is 64.0 Å². The first-order chi connectivity index (χ1) is 11.7. The van der Waals surface area contributed by atoms with Crippen LogP contribution in [-0.4, -0.2) is 41.1 Å². The van der Waals surface area contributed by atoms with E-state index in [1.54, 1.807) is 6.92 Å². The summed E-state index contributed by atoms with van der Waals surface area (Å²) >= 11 is 0. The van der Waals surface area contributed by atoms with Crippen molar-refractivity contribution in [2.24, 2.45) is 0 Å². The Labute approximate surface area is 148 Å². The zero-order chi connectivity index (χ0) is 18.6. The molecule has 0 aliphatic heterocycles. The highest BCUT2D eigenvalue weighted by Gasteiger charge is 2.31. The molecular weight excluding hydrogens is 320 g/mol. The summed E-state index contributed by atoms with van der Waals surface area (Å²) in [5.74, 6) is 1.35. The third kappa shape index (κ3) is 5.29. The third-order valence-corrected chi connectivity index (χ3v) is 3.59. The number of benzene rings is 1. The molecule has 1 N–H and O–H groups in total. The fraction of sp³-hybridized carbons (Fsp3) is 0.500. The zero-order valence-corrected chi connectivity index (χ0v) is 15.7. The highest BCUT2D eigenvalue weighted by Crippen LogP contribution is 2.19. The molecule has 2 rings (SSSR count). The van der Waals surface area contributed by atoms with Gasteiger partial charge in [-0.05, 0) is 59.5 Å². The molecule has 0 saturated heterocycles. The van der Waals surface area contributed by atoms with E-state index in [2.05, 4.69) is 15.5 Å². The number of carbonyl (C=O) groups is 1. The molecule has 1 heterocycles. The predicted molar refractivity (Wildman–Crippen MR) is 94.1 cm³/mol. The van der Waals surface area contributed by atoms with E-state index in [9.17, 15) is 4.79 Å². The average Bonchev–Trinajstić information content (AvgIpc) is 2.95. The molecular formula is C18H26N4O3. The topological polar surface area (TPSA) is 80.5 Å². The van der Waals surface area contributed by atoms with Crippen molar-refractivity contribution >= 4 is 5.91 Å². The van der Waals surface area contributed by atoms with Crippen molar-refractivity contribution < 1.29 is 14.1 Å². The highest BCUT2D eigenvalue weighted by molar-refractivity contribution is 5.81. The summed E-state index contributed by atoms with van der Waals surface area (Å²) in [6, 6.07) is 7.59. The Bertz CT molecular complexity index is 725. The van der Waals surface area contributed by atoms with E-state index in [0.717, 1.165) is 5.56 Å². The Kier molecular flexibility index (Phi) is 5.79. The number of hydrogen-bond acceptors (Lipinski definition) is 6. The molecule has 1 atom stereocenters. The maximum atomic E-state index is 12.5. The predicted octanol–water partition coefficient (Wildman–Crippen LogP) is 2.26. The van der Waals surface area contributed by atoms with Gasteiger partial charge in [0.15, 0.2) is 11.9 Å². The summed E-state index contributed by atoms with van der Waals surface area (Å²) in [4.78, 5) is 18.8. The van der Waals surface area contributed by atoms with Gasteiger partial charge in [-0.3, -0.25) is 4.79 Å². The molecule has 0 bridgehead atoms. The van der Waals surface area contributed by atoms with Gasteiger partial charge in [0.05, 0.1) is 12.1 Å². The molecule has 0 radical (unpaired) electrons. The van der Waals surface area contributed by atoms with Gasteiger partial charge in [0.1, 0.15) is 5.75 Å². The minimum atomic E-state index is -0.768. The molecule has 1 aromatic carbocycles. The minimum Gasteiger partial charge on any atom is -0.481 e. The SMILES string of the molecule is Cc1cccc(O[C@H](C)C(=O)NC(C)(C)c2noc(CN(C)C)n2)c1. The molecule has 0 spiro atoms. The van der Waals surface area contributed by atoms with Crippen LogP contribution in [0.2, 0.25) is 0 Å². The molecule has 136 valence electrons. The molecule has 0 saturated carbocycles. The van der Waals surface area contributed by atoms with Crippen LogP contribution in [0.4, 0.5) is 0 Å². The van der Waals surface area contributed by atoms with E-state index in [-0.39, 0.29) is 5.91 Å². The van der Waals surface area contributed by atoms with Crippen molar-refractivity contribution in [3.63, 3.8) is 0 Å². The van der Waals surface area contributed by atoms with Gasteiger partial charge in [0.2, 0.25) is 5.89 Å². The van der Waals surface area contributed by atoms with E-state index in [0.29, 0.717) is 24.0 Å². The quantitative estimate of drug-likeness (QED) is 0.828. The Morgan fingerprint density at radius 2 is 2.12 bits per heavy atom. The molecule has 0 aliphatic carbocycles. The van der Waals surface area contributed by atoms with Crippen LogP contribution in [0.3, 0.4) is 0 Å². The highest BCUT2D eigenvalue weighted by atomic mass is 16.5. The fourth-order valence-electron chi connectivity index (χ4n) is 2.26. The van der Waals surface area contributed by atoms with Crippen LogP contribution in [0.25, 0.3) is 0 Å². The second-order valence-electron chi connectivity index (χ2n) is 6.94. The van der Waals surface area contributed by atoms with Crippen LogP contribution in [0, 0.1) is 6.92 Å². The van der Waals surface area contributed by atoms with Crippen molar-refractivity contribution in [3.8, 4) is 5.75 Å². The van der Waals surface area contributed by atoms with E-state index >= 15 is 0 Å². The number of aryl methyl sites for hydroxylation is 1. The van der Waals surface area contributed by atoms with Gasteiger partial charge in [0, 0.05) is 0 Å². The lowest BCUT2D eigenvalue weighted by molar-refractivity contribution is -0.129. The Morgan fingerprint density at radius 1 is 1.40 bits per heavy atom. The fourth-order valence-corrected chi connectivity index (χ4v) is 2.26. The van der Waals surface area contributed by atoms with Crippen molar-refractivity contribution in [1.82, 2.24) is 20.4 Å². The summed E-state index contributed by atoms with van der Waals surface area (Å²) in [6.45, 7) is 7.89. The summed E-state index contributed by atoms with van der Waals surface area (Å²) in [7, 11) is 3.84.